The van der Waals surface area contributed by atoms with Gasteiger partial charge in [-0.3, -0.25) is 0 Å². The molecule has 1 aliphatic heterocycles. The Morgan fingerprint density at radius 2 is 2.21 bits per heavy atom. The molecule has 5 heteroatoms. The van der Waals surface area contributed by atoms with Crippen molar-refractivity contribution in [3.63, 3.8) is 0 Å². The zero-order chi connectivity index (χ0) is 10.0. The average Bonchev–Trinajstić information content (AvgIpc) is 2.68. The van der Waals surface area contributed by atoms with Gasteiger partial charge in [0.25, 0.3) is 0 Å². The van der Waals surface area contributed by atoms with E-state index in [0.29, 0.717) is 13.2 Å². The maximum atomic E-state index is 5.78. The number of ether oxygens (including phenoxy) is 1. The summed E-state index contributed by atoms with van der Waals surface area (Å²) in [5.41, 5.74) is 5.63. The van der Waals surface area contributed by atoms with E-state index in [9.17, 15) is 0 Å². The molecule has 1 aromatic rings. The Morgan fingerprint density at radius 1 is 1.50 bits per heavy atom. The number of rotatable bonds is 2. The van der Waals surface area contributed by atoms with Crippen LogP contribution in [0.1, 0.15) is 12.2 Å². The highest BCUT2D eigenvalue weighted by atomic mass is 127. The van der Waals surface area contributed by atoms with E-state index in [2.05, 4.69) is 32.6 Å². The highest BCUT2D eigenvalue weighted by molar-refractivity contribution is 14.1. The molecule has 1 atom stereocenters. The van der Waals surface area contributed by atoms with Gasteiger partial charge >= 0.3 is 0 Å². The predicted octanol–water partition coefficient (Wildman–Crippen LogP) is 0.698. The summed E-state index contributed by atoms with van der Waals surface area (Å²) in [6, 6.07) is 0. The third-order valence-corrected chi connectivity index (χ3v) is 3.15. The standard InChI is InChI=1S/C9H12IN3O/c10-7-3-12-8(13-4-7)9(5-11)1-2-14-6-9/h3-4H,1-2,5-6,11H2. The molecule has 1 aromatic heterocycles. The zero-order valence-electron chi connectivity index (χ0n) is 7.74. The Morgan fingerprint density at radius 3 is 2.71 bits per heavy atom. The molecule has 1 fully saturated rings. The number of nitrogens with zero attached hydrogens (tertiary/aromatic N) is 2. The van der Waals surface area contributed by atoms with Crippen LogP contribution in [0, 0.1) is 3.57 Å². The van der Waals surface area contributed by atoms with Gasteiger partial charge in [0.05, 0.1) is 12.0 Å². The minimum atomic E-state index is -0.148. The van der Waals surface area contributed by atoms with Crippen molar-refractivity contribution in [2.24, 2.45) is 5.73 Å². The van der Waals surface area contributed by atoms with E-state index in [1.54, 1.807) is 0 Å². The molecule has 2 heterocycles. The zero-order valence-corrected chi connectivity index (χ0v) is 9.90. The first kappa shape index (κ1) is 10.3. The van der Waals surface area contributed by atoms with Gasteiger partial charge in [-0.1, -0.05) is 0 Å². The molecule has 1 aliphatic rings. The van der Waals surface area contributed by atoms with Gasteiger partial charge in [0.1, 0.15) is 5.82 Å². The van der Waals surface area contributed by atoms with E-state index in [0.717, 1.165) is 22.4 Å². The monoisotopic (exact) mass is 305 g/mol. The topological polar surface area (TPSA) is 61.0 Å². The summed E-state index contributed by atoms with van der Waals surface area (Å²) in [4.78, 5) is 8.65. The number of aromatic nitrogens is 2. The minimum Gasteiger partial charge on any atom is -0.380 e. The van der Waals surface area contributed by atoms with E-state index in [1.807, 2.05) is 12.4 Å². The van der Waals surface area contributed by atoms with E-state index < -0.39 is 0 Å². The van der Waals surface area contributed by atoms with Crippen molar-refractivity contribution < 1.29 is 4.74 Å². The van der Waals surface area contributed by atoms with Crippen molar-refractivity contribution in [1.82, 2.24) is 9.97 Å². The highest BCUT2D eigenvalue weighted by Crippen LogP contribution is 2.29. The second kappa shape index (κ2) is 4.08. The van der Waals surface area contributed by atoms with Gasteiger partial charge in [0.2, 0.25) is 0 Å². The lowest BCUT2D eigenvalue weighted by atomic mass is 9.86. The lowest BCUT2D eigenvalue weighted by Gasteiger charge is -2.22. The summed E-state index contributed by atoms with van der Waals surface area (Å²) >= 11 is 2.19. The molecule has 4 nitrogen and oxygen atoms in total. The van der Waals surface area contributed by atoms with Crippen molar-refractivity contribution in [3.05, 3.63) is 21.8 Å². The molecule has 2 N–H and O–H groups in total. The second-order valence-corrected chi connectivity index (χ2v) is 4.76. The molecule has 0 saturated carbocycles. The lowest BCUT2D eigenvalue weighted by molar-refractivity contribution is 0.176. The molecule has 0 spiro atoms. The number of nitrogens with two attached hydrogens (primary N) is 1. The molecule has 2 rings (SSSR count). The minimum absolute atomic E-state index is 0.148. The number of hydrogen-bond donors (Lipinski definition) is 1. The summed E-state index contributed by atoms with van der Waals surface area (Å²) < 4.78 is 6.41. The third-order valence-electron chi connectivity index (χ3n) is 2.59. The van der Waals surface area contributed by atoms with E-state index >= 15 is 0 Å². The van der Waals surface area contributed by atoms with Crippen molar-refractivity contribution in [3.8, 4) is 0 Å². The van der Waals surface area contributed by atoms with Gasteiger partial charge in [0.15, 0.2) is 0 Å². The van der Waals surface area contributed by atoms with E-state index in [-0.39, 0.29) is 5.41 Å². The van der Waals surface area contributed by atoms with E-state index in [1.165, 1.54) is 0 Å². The summed E-state index contributed by atoms with van der Waals surface area (Å²) in [6.07, 6.45) is 4.56. The predicted molar refractivity (Wildman–Crippen MR) is 60.9 cm³/mol. The Labute approximate surface area is 96.4 Å². The second-order valence-electron chi connectivity index (χ2n) is 3.51. The molecule has 14 heavy (non-hydrogen) atoms. The smallest absolute Gasteiger partial charge is 0.138 e. The lowest BCUT2D eigenvalue weighted by Crippen LogP contribution is -2.37. The fraction of sp³-hybridized carbons (Fsp3) is 0.556. The van der Waals surface area contributed by atoms with Crippen LogP contribution in [0.25, 0.3) is 0 Å². The van der Waals surface area contributed by atoms with E-state index in [4.69, 9.17) is 10.5 Å². The highest BCUT2D eigenvalue weighted by Gasteiger charge is 2.38. The molecular weight excluding hydrogens is 293 g/mol. The molecule has 0 aliphatic carbocycles. The summed E-state index contributed by atoms with van der Waals surface area (Å²) in [7, 11) is 0. The van der Waals surface area contributed by atoms with Gasteiger partial charge in [-0.15, -0.1) is 0 Å². The van der Waals surface area contributed by atoms with Crippen LogP contribution in [0.2, 0.25) is 0 Å². The largest absolute Gasteiger partial charge is 0.380 e. The fourth-order valence-corrected chi connectivity index (χ4v) is 1.90. The fourth-order valence-electron chi connectivity index (χ4n) is 1.62. The summed E-state index contributed by atoms with van der Waals surface area (Å²) in [5.74, 6) is 0.818. The van der Waals surface area contributed by atoms with Crippen LogP contribution in [-0.2, 0) is 10.2 Å². The molecule has 0 amide bonds. The van der Waals surface area contributed by atoms with Crippen LogP contribution >= 0.6 is 22.6 Å². The Hall–Kier alpha value is -0.270. The van der Waals surface area contributed by atoms with Crippen LogP contribution < -0.4 is 5.73 Å². The first-order chi connectivity index (χ1) is 6.77. The van der Waals surface area contributed by atoms with Crippen LogP contribution in [0.3, 0.4) is 0 Å². The first-order valence-electron chi connectivity index (χ1n) is 4.53. The van der Waals surface area contributed by atoms with Gasteiger partial charge in [-0.05, 0) is 29.0 Å². The number of hydrogen-bond acceptors (Lipinski definition) is 4. The maximum absolute atomic E-state index is 5.78. The van der Waals surface area contributed by atoms with Gasteiger partial charge in [0, 0.05) is 29.1 Å². The Kier molecular flexibility index (Phi) is 2.99. The van der Waals surface area contributed by atoms with Crippen molar-refractivity contribution in [2.75, 3.05) is 19.8 Å². The third kappa shape index (κ3) is 1.76. The SMILES string of the molecule is NCC1(c2ncc(I)cn2)CCOC1. The average molecular weight is 305 g/mol. The molecular formula is C9H12IN3O. The Bertz CT molecular complexity index is 308. The summed E-state index contributed by atoms with van der Waals surface area (Å²) in [5, 5.41) is 0. The molecule has 1 unspecified atom stereocenters. The number of halogens is 1. The van der Waals surface area contributed by atoms with Crippen LogP contribution in [0.5, 0.6) is 0 Å². The van der Waals surface area contributed by atoms with Crippen molar-refractivity contribution in [2.45, 2.75) is 11.8 Å². The van der Waals surface area contributed by atoms with Crippen LogP contribution in [0.4, 0.5) is 0 Å². The molecule has 0 aromatic carbocycles. The van der Waals surface area contributed by atoms with Gasteiger partial charge in [-0.25, -0.2) is 9.97 Å². The molecule has 0 bridgehead atoms. The first-order valence-corrected chi connectivity index (χ1v) is 5.60. The molecule has 76 valence electrons. The normalized spacial score (nSPS) is 26.7. The molecule has 0 radical (unpaired) electrons. The molecule has 1 saturated heterocycles. The summed E-state index contributed by atoms with van der Waals surface area (Å²) in [6.45, 7) is 1.95. The van der Waals surface area contributed by atoms with Crippen LogP contribution in [-0.4, -0.2) is 29.7 Å². The van der Waals surface area contributed by atoms with Crippen molar-refractivity contribution >= 4 is 22.6 Å². The quantitative estimate of drug-likeness (QED) is 0.817. The van der Waals surface area contributed by atoms with Gasteiger partial charge < -0.3 is 10.5 Å². The van der Waals surface area contributed by atoms with Crippen molar-refractivity contribution in [1.29, 1.82) is 0 Å². The Balaban J connectivity index is 2.31. The van der Waals surface area contributed by atoms with Crippen LogP contribution in [0.15, 0.2) is 12.4 Å². The maximum Gasteiger partial charge on any atom is 0.138 e. The van der Waals surface area contributed by atoms with Gasteiger partial charge in [-0.2, -0.15) is 0 Å².